The summed E-state index contributed by atoms with van der Waals surface area (Å²) in [5, 5.41) is 2.89. The predicted octanol–water partition coefficient (Wildman–Crippen LogP) is 4.84. The quantitative estimate of drug-likeness (QED) is 0.564. The van der Waals surface area contributed by atoms with Crippen molar-refractivity contribution in [3.8, 4) is 11.5 Å². The molecule has 0 fully saturated rings. The molecule has 0 radical (unpaired) electrons. The summed E-state index contributed by atoms with van der Waals surface area (Å²) in [6.07, 6.45) is 0.725. The largest absolute Gasteiger partial charge is 0.493 e. The molecule has 0 bridgehead atoms. The summed E-state index contributed by atoms with van der Waals surface area (Å²) in [5.74, 6) is 0.796. The summed E-state index contributed by atoms with van der Waals surface area (Å²) in [4.78, 5) is 26.4. The van der Waals surface area contributed by atoms with E-state index in [2.05, 4.69) is 5.32 Å². The van der Waals surface area contributed by atoms with Gasteiger partial charge in [0.1, 0.15) is 5.92 Å². The molecule has 1 heterocycles. The van der Waals surface area contributed by atoms with E-state index in [1.54, 1.807) is 32.0 Å². The number of methoxy groups -OCH3 is 2. The van der Waals surface area contributed by atoms with E-state index in [0.29, 0.717) is 28.5 Å². The van der Waals surface area contributed by atoms with Crippen LogP contribution >= 0.6 is 11.8 Å². The first kappa shape index (κ1) is 21.0. The van der Waals surface area contributed by atoms with Gasteiger partial charge in [-0.15, -0.1) is 11.8 Å². The number of carbonyl (C=O) groups excluding carboxylic acids is 2. The molecule has 1 aliphatic heterocycles. The van der Waals surface area contributed by atoms with Crippen molar-refractivity contribution in [2.45, 2.75) is 11.3 Å². The predicted molar refractivity (Wildman–Crippen MR) is 122 cm³/mol. The average molecular weight is 434 g/mol. The molecule has 1 amide bonds. The third-order valence-electron chi connectivity index (χ3n) is 5.27. The van der Waals surface area contributed by atoms with Gasteiger partial charge in [0.2, 0.25) is 5.91 Å². The van der Waals surface area contributed by atoms with Crippen molar-refractivity contribution in [1.29, 1.82) is 0 Å². The van der Waals surface area contributed by atoms with E-state index < -0.39 is 5.92 Å². The number of nitrogens with one attached hydrogen (secondary N) is 1. The zero-order valence-corrected chi connectivity index (χ0v) is 18.2. The Bertz CT molecular complexity index is 1110. The molecule has 6 heteroatoms. The highest BCUT2D eigenvalue weighted by Gasteiger charge is 2.33. The van der Waals surface area contributed by atoms with Gasteiger partial charge in [0.15, 0.2) is 17.3 Å². The monoisotopic (exact) mass is 433 g/mol. The SMILES string of the molecule is COc1ccc(Cc2ccc(NC(=O)C3CSc4ccccc4C3=O)cc2)cc1OC. The molecule has 1 N–H and O–H groups in total. The number of anilines is 1. The first-order valence-electron chi connectivity index (χ1n) is 9.96. The van der Waals surface area contributed by atoms with Crippen LogP contribution < -0.4 is 14.8 Å². The highest BCUT2D eigenvalue weighted by atomic mass is 32.2. The Labute approximate surface area is 185 Å². The van der Waals surface area contributed by atoms with Gasteiger partial charge in [0, 0.05) is 21.9 Å². The second-order valence-corrected chi connectivity index (χ2v) is 8.34. The minimum atomic E-state index is -0.675. The lowest BCUT2D eigenvalue weighted by molar-refractivity contribution is -0.118. The van der Waals surface area contributed by atoms with Gasteiger partial charge in [-0.25, -0.2) is 0 Å². The highest BCUT2D eigenvalue weighted by molar-refractivity contribution is 7.99. The van der Waals surface area contributed by atoms with Crippen molar-refractivity contribution in [3.63, 3.8) is 0 Å². The summed E-state index contributed by atoms with van der Waals surface area (Å²) in [7, 11) is 3.23. The third kappa shape index (κ3) is 4.59. The van der Waals surface area contributed by atoms with Gasteiger partial charge in [-0.1, -0.05) is 36.4 Å². The number of benzene rings is 3. The topological polar surface area (TPSA) is 64.6 Å². The van der Waals surface area contributed by atoms with E-state index in [4.69, 9.17) is 9.47 Å². The van der Waals surface area contributed by atoms with E-state index >= 15 is 0 Å². The smallest absolute Gasteiger partial charge is 0.236 e. The van der Waals surface area contributed by atoms with Gasteiger partial charge in [0.05, 0.1) is 14.2 Å². The van der Waals surface area contributed by atoms with Crippen molar-refractivity contribution in [2.24, 2.45) is 5.92 Å². The Balaban J connectivity index is 1.41. The molecule has 4 rings (SSSR count). The fourth-order valence-electron chi connectivity index (χ4n) is 3.59. The van der Waals surface area contributed by atoms with Crippen LogP contribution in [0, 0.1) is 5.92 Å². The van der Waals surface area contributed by atoms with Crippen molar-refractivity contribution in [3.05, 3.63) is 83.4 Å². The molecule has 0 spiro atoms. The Morgan fingerprint density at radius 3 is 2.42 bits per heavy atom. The fraction of sp³-hybridized carbons (Fsp3) is 0.200. The Kier molecular flexibility index (Phi) is 6.28. The van der Waals surface area contributed by atoms with Crippen molar-refractivity contribution in [2.75, 3.05) is 25.3 Å². The molecule has 3 aromatic rings. The van der Waals surface area contributed by atoms with Crippen LogP contribution in [-0.4, -0.2) is 31.7 Å². The zero-order chi connectivity index (χ0) is 21.8. The van der Waals surface area contributed by atoms with Crippen LogP contribution in [0.3, 0.4) is 0 Å². The zero-order valence-electron chi connectivity index (χ0n) is 17.4. The summed E-state index contributed by atoms with van der Waals surface area (Å²) in [6, 6.07) is 21.0. The van der Waals surface area contributed by atoms with Gasteiger partial charge in [-0.2, -0.15) is 0 Å². The van der Waals surface area contributed by atoms with Crippen molar-refractivity contribution < 1.29 is 19.1 Å². The molecule has 1 aliphatic rings. The maximum Gasteiger partial charge on any atom is 0.236 e. The summed E-state index contributed by atoms with van der Waals surface area (Å²) in [5.41, 5.74) is 3.50. The van der Waals surface area contributed by atoms with Crippen LogP contribution in [0.15, 0.2) is 71.6 Å². The van der Waals surface area contributed by atoms with Gasteiger partial charge in [-0.3, -0.25) is 9.59 Å². The summed E-state index contributed by atoms with van der Waals surface area (Å²) < 4.78 is 10.6. The second kappa shape index (κ2) is 9.27. The molecular weight excluding hydrogens is 410 g/mol. The van der Waals surface area contributed by atoms with E-state index in [9.17, 15) is 9.59 Å². The van der Waals surface area contributed by atoms with Crippen LogP contribution in [0.4, 0.5) is 5.69 Å². The molecule has 31 heavy (non-hydrogen) atoms. The standard InChI is InChI=1S/C25H23NO4S/c1-29-21-12-9-17(14-22(21)30-2)13-16-7-10-18(11-8-16)26-25(28)20-15-31-23-6-4-3-5-19(23)24(20)27/h3-12,14,20H,13,15H2,1-2H3,(H,26,28). The summed E-state index contributed by atoms with van der Waals surface area (Å²) >= 11 is 1.55. The number of amides is 1. The van der Waals surface area contributed by atoms with Crippen LogP contribution in [-0.2, 0) is 11.2 Å². The molecule has 5 nitrogen and oxygen atoms in total. The van der Waals surface area contributed by atoms with Crippen molar-refractivity contribution in [1.82, 2.24) is 0 Å². The van der Waals surface area contributed by atoms with Gasteiger partial charge >= 0.3 is 0 Å². The van der Waals surface area contributed by atoms with Crippen LogP contribution in [0.5, 0.6) is 11.5 Å². The minimum Gasteiger partial charge on any atom is -0.493 e. The Morgan fingerprint density at radius 1 is 0.968 bits per heavy atom. The molecule has 158 valence electrons. The van der Waals surface area contributed by atoms with E-state index in [1.807, 2.05) is 60.7 Å². The average Bonchev–Trinajstić information content (AvgIpc) is 2.80. The Hall–Kier alpha value is -3.25. The molecule has 1 unspecified atom stereocenters. The highest BCUT2D eigenvalue weighted by Crippen LogP contribution is 2.33. The number of hydrogen-bond acceptors (Lipinski definition) is 5. The molecule has 0 aliphatic carbocycles. The first-order chi connectivity index (χ1) is 15.1. The summed E-state index contributed by atoms with van der Waals surface area (Å²) in [6.45, 7) is 0. The molecule has 1 atom stereocenters. The number of carbonyl (C=O) groups is 2. The van der Waals surface area contributed by atoms with Gasteiger partial charge in [0.25, 0.3) is 0 Å². The van der Waals surface area contributed by atoms with Crippen LogP contribution in [0.1, 0.15) is 21.5 Å². The number of ketones is 1. The second-order valence-electron chi connectivity index (χ2n) is 7.28. The number of rotatable bonds is 6. The first-order valence-corrected chi connectivity index (χ1v) is 10.9. The number of thioether (sulfide) groups is 1. The number of fused-ring (bicyclic) bond motifs is 1. The molecule has 0 saturated heterocycles. The number of Topliss-reactive ketones (excluding diaryl/α,β-unsaturated/α-hetero) is 1. The van der Waals surface area contributed by atoms with Crippen LogP contribution in [0.25, 0.3) is 0 Å². The molecular formula is C25H23NO4S. The lowest BCUT2D eigenvalue weighted by atomic mass is 9.97. The van der Waals surface area contributed by atoms with Crippen LogP contribution in [0.2, 0.25) is 0 Å². The lowest BCUT2D eigenvalue weighted by Crippen LogP contribution is -2.34. The number of hydrogen-bond donors (Lipinski definition) is 1. The minimum absolute atomic E-state index is 0.114. The maximum absolute atomic E-state index is 12.7. The maximum atomic E-state index is 12.7. The molecule has 3 aromatic carbocycles. The van der Waals surface area contributed by atoms with E-state index in [-0.39, 0.29) is 11.7 Å². The van der Waals surface area contributed by atoms with Gasteiger partial charge < -0.3 is 14.8 Å². The molecule has 0 aromatic heterocycles. The van der Waals surface area contributed by atoms with Gasteiger partial charge in [-0.05, 0) is 47.9 Å². The molecule has 0 saturated carbocycles. The normalized spacial score (nSPS) is 15.2. The van der Waals surface area contributed by atoms with Crippen molar-refractivity contribution >= 4 is 29.1 Å². The van der Waals surface area contributed by atoms with E-state index in [0.717, 1.165) is 22.4 Å². The number of ether oxygens (including phenoxy) is 2. The van der Waals surface area contributed by atoms with E-state index in [1.165, 1.54) is 0 Å². The lowest BCUT2D eigenvalue weighted by Gasteiger charge is -2.22. The Morgan fingerprint density at radius 2 is 1.68 bits per heavy atom. The fourth-order valence-corrected chi connectivity index (χ4v) is 4.74. The third-order valence-corrected chi connectivity index (χ3v) is 6.44.